The maximum Gasteiger partial charge on any atom is 0.345 e. The lowest BCUT2D eigenvalue weighted by atomic mass is 10.1. The summed E-state index contributed by atoms with van der Waals surface area (Å²) >= 11 is 0. The molecule has 0 bridgehead atoms. The van der Waals surface area contributed by atoms with Gasteiger partial charge < -0.3 is 10.0 Å². The summed E-state index contributed by atoms with van der Waals surface area (Å²) in [6, 6.07) is 11.7. The van der Waals surface area contributed by atoms with Crippen LogP contribution in [-0.2, 0) is 4.79 Å². The molecule has 0 unspecified atom stereocenters. The highest BCUT2D eigenvalue weighted by Gasteiger charge is 2.07. The third-order valence-corrected chi connectivity index (χ3v) is 3.18. The van der Waals surface area contributed by atoms with E-state index in [1.807, 2.05) is 31.3 Å². The van der Waals surface area contributed by atoms with Crippen LogP contribution in [0, 0.1) is 11.3 Å². The summed E-state index contributed by atoms with van der Waals surface area (Å²) in [7, 11) is 0. The molecule has 0 heterocycles. The summed E-state index contributed by atoms with van der Waals surface area (Å²) in [6.45, 7) is 13.2. The first kappa shape index (κ1) is 20.9. The molecule has 0 fully saturated rings. The Kier molecular flexibility index (Phi) is 10.0. The van der Waals surface area contributed by atoms with E-state index in [9.17, 15) is 4.79 Å². The van der Waals surface area contributed by atoms with E-state index in [2.05, 4.69) is 56.2 Å². The number of nitrogens with zero attached hydrogens (tertiary/aromatic N) is 2. The molecule has 0 amide bonds. The summed E-state index contributed by atoms with van der Waals surface area (Å²) in [6.07, 6.45) is 7.13. The number of hydrogen-bond donors (Lipinski definition) is 1. The number of anilines is 1. The normalized spacial score (nSPS) is 10.8. The number of nitriles is 1. The zero-order valence-corrected chi connectivity index (χ0v) is 14.5. The number of carbonyl (C=O) groups is 1. The minimum absolute atomic E-state index is 0.431. The van der Waals surface area contributed by atoms with E-state index in [0.29, 0.717) is 0 Å². The topological polar surface area (TPSA) is 64.3 Å². The van der Waals surface area contributed by atoms with Crippen molar-refractivity contribution in [2.24, 2.45) is 0 Å². The van der Waals surface area contributed by atoms with E-state index in [4.69, 9.17) is 10.4 Å². The fourth-order valence-corrected chi connectivity index (χ4v) is 1.92. The molecule has 0 aliphatic rings. The molecule has 0 aliphatic carbocycles. The monoisotopic (exact) mass is 324 g/mol. The van der Waals surface area contributed by atoms with Crippen LogP contribution in [0.15, 0.2) is 78.7 Å². The zero-order valence-electron chi connectivity index (χ0n) is 14.5. The van der Waals surface area contributed by atoms with Gasteiger partial charge in [-0.2, -0.15) is 5.26 Å². The van der Waals surface area contributed by atoms with E-state index in [1.54, 1.807) is 0 Å². The molecule has 0 saturated carbocycles. The lowest BCUT2D eigenvalue weighted by molar-refractivity contribution is -0.132. The molecule has 1 aromatic carbocycles. The molecule has 0 aliphatic heterocycles. The highest BCUT2D eigenvalue weighted by molar-refractivity contribution is 5.90. The van der Waals surface area contributed by atoms with Crippen LogP contribution in [0.4, 0.5) is 5.69 Å². The average molecular weight is 324 g/mol. The van der Waals surface area contributed by atoms with Crippen molar-refractivity contribution in [2.45, 2.75) is 27.2 Å². The van der Waals surface area contributed by atoms with Crippen LogP contribution in [-0.4, -0.2) is 11.1 Å². The smallest absolute Gasteiger partial charge is 0.345 e. The molecular weight excluding hydrogens is 300 g/mol. The van der Waals surface area contributed by atoms with E-state index in [0.717, 1.165) is 12.1 Å². The van der Waals surface area contributed by atoms with E-state index < -0.39 is 11.5 Å². The predicted molar refractivity (Wildman–Crippen MR) is 99.3 cm³/mol. The van der Waals surface area contributed by atoms with Gasteiger partial charge in [-0.1, -0.05) is 50.4 Å². The highest BCUT2D eigenvalue weighted by atomic mass is 16.4. The summed E-state index contributed by atoms with van der Waals surface area (Å²) in [4.78, 5) is 11.7. The van der Waals surface area contributed by atoms with Crippen molar-refractivity contribution in [1.82, 2.24) is 0 Å². The largest absolute Gasteiger partial charge is 0.477 e. The zero-order chi connectivity index (χ0) is 18.5. The van der Waals surface area contributed by atoms with Gasteiger partial charge in [0.05, 0.1) is 0 Å². The Bertz CT molecular complexity index is 665. The quantitative estimate of drug-likeness (QED) is 0.452. The molecule has 126 valence electrons. The average Bonchev–Trinajstić information content (AvgIpc) is 2.60. The molecule has 0 saturated heterocycles. The lowest BCUT2D eigenvalue weighted by Gasteiger charge is -2.23. The van der Waals surface area contributed by atoms with Crippen LogP contribution in [0.3, 0.4) is 0 Å². The van der Waals surface area contributed by atoms with Gasteiger partial charge in [-0.3, -0.25) is 0 Å². The second-order valence-corrected chi connectivity index (χ2v) is 4.75. The van der Waals surface area contributed by atoms with Gasteiger partial charge in [0.1, 0.15) is 11.6 Å². The number of benzene rings is 1. The number of rotatable bonds is 6. The Morgan fingerprint density at radius 2 is 1.96 bits per heavy atom. The molecule has 1 N–H and O–H groups in total. The third-order valence-electron chi connectivity index (χ3n) is 3.18. The van der Waals surface area contributed by atoms with E-state index in [1.165, 1.54) is 17.3 Å². The second-order valence-electron chi connectivity index (χ2n) is 4.75. The summed E-state index contributed by atoms with van der Waals surface area (Å²) in [5, 5.41) is 15.6. The number of carboxylic acid groups (broad SMARTS) is 1. The molecule has 0 atom stereocenters. The molecule has 1 rings (SSSR count). The van der Waals surface area contributed by atoms with Crippen LogP contribution in [0.5, 0.6) is 0 Å². The number of aliphatic carboxylic acids is 1. The Morgan fingerprint density at radius 3 is 2.29 bits per heavy atom. The number of para-hydroxylation sites is 1. The first-order chi connectivity index (χ1) is 11.4. The van der Waals surface area contributed by atoms with E-state index in [-0.39, 0.29) is 0 Å². The Hall–Kier alpha value is -3.06. The fourth-order valence-electron chi connectivity index (χ4n) is 1.92. The minimum Gasteiger partial charge on any atom is -0.477 e. The van der Waals surface area contributed by atoms with Gasteiger partial charge in [0.25, 0.3) is 0 Å². The Morgan fingerprint density at radius 1 is 1.38 bits per heavy atom. The van der Waals surface area contributed by atoms with Gasteiger partial charge in [0.2, 0.25) is 0 Å². The van der Waals surface area contributed by atoms with Gasteiger partial charge in [0, 0.05) is 17.6 Å². The highest BCUT2D eigenvalue weighted by Crippen LogP contribution is 2.22. The standard InChI is InChI=1S/C16H21N.C4H3NO2/c1-5-11-15(6-2)14(4)17(7-3)16-12-9-8-10-13-16;1-3(2-5)4(6)7/h5,7-13H,3,6H2,1-2,4H3;1H2,(H,6,7)/b11-5-,15-14+;. The molecule has 4 nitrogen and oxygen atoms in total. The summed E-state index contributed by atoms with van der Waals surface area (Å²) < 4.78 is 0. The van der Waals surface area contributed by atoms with Crippen molar-refractivity contribution >= 4 is 11.7 Å². The Labute approximate surface area is 144 Å². The molecule has 0 spiro atoms. The van der Waals surface area contributed by atoms with Crippen molar-refractivity contribution in [2.75, 3.05) is 4.90 Å². The lowest BCUT2D eigenvalue weighted by Crippen LogP contribution is -2.14. The first-order valence-corrected chi connectivity index (χ1v) is 7.54. The van der Waals surface area contributed by atoms with Crippen LogP contribution in [0.2, 0.25) is 0 Å². The summed E-state index contributed by atoms with van der Waals surface area (Å²) in [5.74, 6) is -1.26. The summed E-state index contributed by atoms with van der Waals surface area (Å²) in [5.41, 5.74) is 3.28. The molecule has 4 heteroatoms. The number of hydrogen-bond acceptors (Lipinski definition) is 3. The van der Waals surface area contributed by atoms with E-state index >= 15 is 0 Å². The minimum atomic E-state index is -1.26. The number of allylic oxidation sites excluding steroid dienone is 4. The van der Waals surface area contributed by atoms with Crippen molar-refractivity contribution in [3.05, 3.63) is 78.7 Å². The van der Waals surface area contributed by atoms with Crippen LogP contribution in [0.25, 0.3) is 0 Å². The molecular formula is C20H24N2O2. The molecule has 0 aromatic heterocycles. The molecule has 24 heavy (non-hydrogen) atoms. The van der Waals surface area contributed by atoms with Gasteiger partial charge in [-0.15, -0.1) is 0 Å². The van der Waals surface area contributed by atoms with Gasteiger partial charge in [-0.25, -0.2) is 4.79 Å². The Balaban J connectivity index is 0.000000640. The van der Waals surface area contributed by atoms with Crippen molar-refractivity contribution in [1.29, 1.82) is 5.26 Å². The van der Waals surface area contributed by atoms with Crippen molar-refractivity contribution in [3.8, 4) is 6.07 Å². The predicted octanol–water partition coefficient (Wildman–Crippen LogP) is 5.05. The molecule has 0 radical (unpaired) electrons. The maximum atomic E-state index is 9.61. The van der Waals surface area contributed by atoms with Crippen molar-refractivity contribution in [3.63, 3.8) is 0 Å². The van der Waals surface area contributed by atoms with Crippen LogP contribution < -0.4 is 4.90 Å². The third kappa shape index (κ3) is 6.80. The van der Waals surface area contributed by atoms with Gasteiger partial charge >= 0.3 is 5.97 Å². The molecule has 1 aromatic rings. The first-order valence-electron chi connectivity index (χ1n) is 7.54. The van der Waals surface area contributed by atoms with Crippen molar-refractivity contribution < 1.29 is 9.90 Å². The van der Waals surface area contributed by atoms with Crippen LogP contribution >= 0.6 is 0 Å². The number of carboxylic acids is 1. The van der Waals surface area contributed by atoms with Gasteiger partial charge in [-0.05, 0) is 38.0 Å². The van der Waals surface area contributed by atoms with Crippen LogP contribution in [0.1, 0.15) is 27.2 Å². The fraction of sp³-hybridized carbons (Fsp3) is 0.200. The van der Waals surface area contributed by atoms with Gasteiger partial charge in [0.15, 0.2) is 0 Å². The second kappa shape index (κ2) is 11.5. The maximum absolute atomic E-state index is 9.61. The SMILES string of the molecule is C=C(C#N)C(=O)O.C=CN(/C(C)=C(/C=C\C)CC)c1ccccc1.